The summed E-state index contributed by atoms with van der Waals surface area (Å²) >= 11 is 0. The molecule has 3 aromatic rings. The van der Waals surface area contributed by atoms with Gasteiger partial charge in [-0.05, 0) is 37.1 Å². The average Bonchev–Trinajstić information content (AvgIpc) is 3.09. The molecule has 0 aliphatic carbocycles. The van der Waals surface area contributed by atoms with Crippen molar-refractivity contribution in [3.8, 4) is 11.3 Å². The molecule has 2 aromatic heterocycles. The number of anilines is 1. The normalized spacial score (nSPS) is 15.6. The van der Waals surface area contributed by atoms with Gasteiger partial charge in [0.15, 0.2) is 0 Å². The molecule has 0 radical (unpaired) electrons. The number of hydrogen-bond acceptors (Lipinski definition) is 5. The number of aromatic nitrogens is 3. The standard InChI is InChI=1S/C19H22FN5O.ClH/c1-12-15(13(2)21)3-4-16(18(12)20)19-17-9-14(10-25(17)23-11-22-19)24-5-7-26-8-6-24;/h3-4,9-11,13H,5-8,21H2,1-2H3;1H/t13-;/m1./s1. The van der Waals surface area contributed by atoms with Crippen LogP contribution in [0.4, 0.5) is 10.1 Å². The van der Waals surface area contributed by atoms with E-state index in [9.17, 15) is 0 Å². The first-order chi connectivity index (χ1) is 12.6. The van der Waals surface area contributed by atoms with Crippen LogP contribution in [0, 0.1) is 12.7 Å². The molecule has 0 amide bonds. The van der Waals surface area contributed by atoms with Gasteiger partial charge in [-0.1, -0.05) is 6.07 Å². The van der Waals surface area contributed by atoms with Gasteiger partial charge in [-0.2, -0.15) is 5.10 Å². The van der Waals surface area contributed by atoms with Crippen molar-refractivity contribution < 1.29 is 9.13 Å². The number of nitrogens with two attached hydrogens (primary N) is 1. The Hall–Kier alpha value is -2.22. The second-order valence-corrected chi connectivity index (χ2v) is 6.67. The summed E-state index contributed by atoms with van der Waals surface area (Å²) in [5.41, 5.74) is 10.2. The molecule has 2 N–H and O–H groups in total. The number of hydrogen-bond donors (Lipinski definition) is 1. The number of morpholine rings is 1. The number of ether oxygens (including phenoxy) is 1. The Kier molecular flexibility index (Phi) is 5.64. The van der Waals surface area contributed by atoms with Gasteiger partial charge < -0.3 is 15.4 Å². The fraction of sp³-hybridized carbons (Fsp3) is 0.368. The minimum Gasteiger partial charge on any atom is -0.378 e. The van der Waals surface area contributed by atoms with Gasteiger partial charge >= 0.3 is 0 Å². The van der Waals surface area contributed by atoms with Crippen molar-refractivity contribution in [1.29, 1.82) is 0 Å². The van der Waals surface area contributed by atoms with Crippen molar-refractivity contribution in [2.75, 3.05) is 31.2 Å². The predicted molar refractivity (Wildman–Crippen MR) is 106 cm³/mol. The summed E-state index contributed by atoms with van der Waals surface area (Å²) < 4.78 is 22.2. The van der Waals surface area contributed by atoms with Crippen molar-refractivity contribution in [3.63, 3.8) is 0 Å². The smallest absolute Gasteiger partial charge is 0.137 e. The van der Waals surface area contributed by atoms with Gasteiger partial charge in [-0.15, -0.1) is 12.4 Å². The lowest BCUT2D eigenvalue weighted by Gasteiger charge is -2.27. The van der Waals surface area contributed by atoms with E-state index in [-0.39, 0.29) is 24.3 Å². The molecule has 0 spiro atoms. The topological polar surface area (TPSA) is 68.7 Å². The van der Waals surface area contributed by atoms with Gasteiger partial charge in [0.1, 0.15) is 17.8 Å². The summed E-state index contributed by atoms with van der Waals surface area (Å²) in [5.74, 6) is -0.283. The monoisotopic (exact) mass is 391 g/mol. The molecule has 1 saturated heterocycles. The largest absolute Gasteiger partial charge is 0.378 e. The number of halogens is 2. The number of rotatable bonds is 3. The van der Waals surface area contributed by atoms with Crippen LogP contribution in [-0.4, -0.2) is 40.9 Å². The zero-order valence-electron chi connectivity index (χ0n) is 15.4. The van der Waals surface area contributed by atoms with Crippen molar-refractivity contribution in [3.05, 3.63) is 47.7 Å². The third kappa shape index (κ3) is 3.50. The summed E-state index contributed by atoms with van der Waals surface area (Å²) in [6.07, 6.45) is 3.41. The van der Waals surface area contributed by atoms with Crippen LogP contribution in [-0.2, 0) is 4.74 Å². The second-order valence-electron chi connectivity index (χ2n) is 6.67. The Morgan fingerprint density at radius 1 is 1.26 bits per heavy atom. The van der Waals surface area contributed by atoms with Crippen molar-refractivity contribution >= 4 is 23.6 Å². The molecule has 0 saturated carbocycles. The van der Waals surface area contributed by atoms with E-state index in [1.807, 2.05) is 25.3 Å². The molecular weight excluding hydrogens is 369 g/mol. The molecule has 1 fully saturated rings. The van der Waals surface area contributed by atoms with E-state index in [4.69, 9.17) is 10.5 Å². The Morgan fingerprint density at radius 3 is 2.70 bits per heavy atom. The second kappa shape index (κ2) is 7.80. The zero-order chi connectivity index (χ0) is 18.3. The Morgan fingerprint density at radius 2 is 2.00 bits per heavy atom. The zero-order valence-corrected chi connectivity index (χ0v) is 16.2. The Balaban J connectivity index is 0.00000210. The van der Waals surface area contributed by atoms with Crippen molar-refractivity contribution in [1.82, 2.24) is 14.6 Å². The van der Waals surface area contributed by atoms with Crippen LogP contribution in [0.1, 0.15) is 24.1 Å². The summed E-state index contributed by atoms with van der Waals surface area (Å²) in [4.78, 5) is 6.60. The highest BCUT2D eigenvalue weighted by Gasteiger charge is 2.19. The maximum Gasteiger partial charge on any atom is 0.137 e. The molecular formula is C19H23ClFN5O. The SMILES string of the molecule is Cc1c([C@@H](C)N)ccc(-c2ncnn3cc(N4CCOCC4)cc23)c1F.Cl. The minimum atomic E-state index is -0.283. The van der Waals surface area contributed by atoms with E-state index in [2.05, 4.69) is 15.0 Å². The molecule has 1 atom stereocenters. The summed E-state index contributed by atoms with van der Waals surface area (Å²) in [5, 5.41) is 4.29. The van der Waals surface area contributed by atoms with Crippen LogP contribution in [0.15, 0.2) is 30.7 Å². The van der Waals surface area contributed by atoms with E-state index < -0.39 is 0 Å². The van der Waals surface area contributed by atoms with Gasteiger partial charge in [0.05, 0.1) is 30.6 Å². The molecule has 3 heterocycles. The van der Waals surface area contributed by atoms with Crippen LogP contribution in [0.2, 0.25) is 0 Å². The van der Waals surface area contributed by atoms with Gasteiger partial charge in [-0.25, -0.2) is 13.9 Å². The molecule has 8 heteroatoms. The highest BCUT2D eigenvalue weighted by Crippen LogP contribution is 2.32. The number of fused-ring (bicyclic) bond motifs is 1. The van der Waals surface area contributed by atoms with E-state index in [1.165, 1.54) is 6.33 Å². The molecule has 6 nitrogen and oxygen atoms in total. The molecule has 1 aliphatic heterocycles. The summed E-state index contributed by atoms with van der Waals surface area (Å²) in [6.45, 7) is 6.68. The van der Waals surface area contributed by atoms with Crippen molar-refractivity contribution in [2.45, 2.75) is 19.9 Å². The number of nitrogens with zero attached hydrogens (tertiary/aromatic N) is 4. The quantitative estimate of drug-likeness (QED) is 0.742. The molecule has 0 unspecified atom stereocenters. The first-order valence-corrected chi connectivity index (χ1v) is 8.77. The van der Waals surface area contributed by atoms with Gasteiger partial charge in [0.25, 0.3) is 0 Å². The lowest BCUT2D eigenvalue weighted by Crippen LogP contribution is -2.35. The minimum absolute atomic E-state index is 0. The van der Waals surface area contributed by atoms with Gasteiger partial charge in [0, 0.05) is 24.7 Å². The molecule has 0 bridgehead atoms. The van der Waals surface area contributed by atoms with Crippen LogP contribution < -0.4 is 10.6 Å². The lowest BCUT2D eigenvalue weighted by atomic mass is 9.98. The van der Waals surface area contributed by atoms with E-state index >= 15 is 4.39 Å². The molecule has 27 heavy (non-hydrogen) atoms. The third-order valence-corrected chi connectivity index (χ3v) is 4.94. The lowest BCUT2D eigenvalue weighted by molar-refractivity contribution is 0.122. The van der Waals surface area contributed by atoms with E-state index in [1.54, 1.807) is 17.5 Å². The summed E-state index contributed by atoms with van der Waals surface area (Å²) in [6, 6.07) is 5.42. The molecule has 1 aliphatic rings. The highest BCUT2D eigenvalue weighted by atomic mass is 35.5. The fourth-order valence-corrected chi connectivity index (χ4v) is 3.49. The van der Waals surface area contributed by atoms with Crippen LogP contribution in [0.25, 0.3) is 16.8 Å². The maximum absolute atomic E-state index is 15.0. The van der Waals surface area contributed by atoms with Crippen molar-refractivity contribution in [2.24, 2.45) is 5.73 Å². The third-order valence-electron chi connectivity index (χ3n) is 4.94. The molecule has 4 rings (SSSR count). The molecule has 1 aromatic carbocycles. The van der Waals surface area contributed by atoms with E-state index in [0.29, 0.717) is 30.0 Å². The van der Waals surface area contributed by atoms with Crippen LogP contribution >= 0.6 is 12.4 Å². The maximum atomic E-state index is 15.0. The first-order valence-electron chi connectivity index (χ1n) is 8.77. The number of benzene rings is 1. The Labute approximate surface area is 163 Å². The highest BCUT2D eigenvalue weighted by molar-refractivity contribution is 5.85. The van der Waals surface area contributed by atoms with Gasteiger partial charge in [-0.3, -0.25) is 0 Å². The van der Waals surface area contributed by atoms with Crippen LogP contribution in [0.5, 0.6) is 0 Å². The first kappa shape index (κ1) is 19.5. The van der Waals surface area contributed by atoms with E-state index in [0.717, 1.165) is 29.9 Å². The molecule has 144 valence electrons. The predicted octanol–water partition coefficient (Wildman–Crippen LogP) is 3.12. The van der Waals surface area contributed by atoms with Gasteiger partial charge in [0.2, 0.25) is 0 Å². The average molecular weight is 392 g/mol. The Bertz CT molecular complexity index is 953. The fourth-order valence-electron chi connectivity index (χ4n) is 3.49. The van der Waals surface area contributed by atoms with Crippen LogP contribution in [0.3, 0.4) is 0 Å². The summed E-state index contributed by atoms with van der Waals surface area (Å²) in [7, 11) is 0.